The molecule has 1 N–H and O–H groups in total. The molecule has 0 atom stereocenters. The highest BCUT2D eigenvalue weighted by Gasteiger charge is 2.23. The van der Waals surface area contributed by atoms with Crippen LogP contribution >= 0.6 is 0 Å². The maximum Gasteiger partial charge on any atom is 0.101 e. The van der Waals surface area contributed by atoms with Crippen LogP contribution in [0.4, 0.5) is 5.69 Å². The second-order valence-electron chi connectivity index (χ2n) is 4.06. The zero-order valence-electron chi connectivity index (χ0n) is 9.12. The molecule has 1 aromatic rings. The number of nitrogens with zero attached hydrogens (tertiary/aromatic N) is 2. The average molecular weight is 201 g/mol. The van der Waals surface area contributed by atoms with Gasteiger partial charge in [0.15, 0.2) is 0 Å². The van der Waals surface area contributed by atoms with Crippen LogP contribution in [0, 0.1) is 18.3 Å². The van der Waals surface area contributed by atoms with Crippen molar-refractivity contribution in [1.29, 1.82) is 5.26 Å². The maximum atomic E-state index is 9.04. The Morgan fingerprint density at radius 2 is 2.20 bits per heavy atom. The third kappa shape index (κ3) is 1.81. The van der Waals surface area contributed by atoms with Gasteiger partial charge < -0.3 is 10.2 Å². The van der Waals surface area contributed by atoms with Gasteiger partial charge in [-0.15, -0.1) is 0 Å². The molecule has 15 heavy (non-hydrogen) atoms. The lowest BCUT2D eigenvalue weighted by Gasteiger charge is -2.37. The molecular weight excluding hydrogens is 186 g/mol. The number of aryl methyl sites for hydroxylation is 1. The van der Waals surface area contributed by atoms with Gasteiger partial charge in [-0.3, -0.25) is 0 Å². The molecule has 0 bridgehead atoms. The number of benzene rings is 1. The largest absolute Gasteiger partial charge is 0.368 e. The fraction of sp³-hybridized carbons (Fsp3) is 0.417. The lowest BCUT2D eigenvalue weighted by Crippen LogP contribution is -2.56. The van der Waals surface area contributed by atoms with Gasteiger partial charge in [0.05, 0.1) is 17.3 Å². The van der Waals surface area contributed by atoms with Gasteiger partial charge in [-0.1, -0.05) is 6.07 Å². The zero-order chi connectivity index (χ0) is 10.8. The fourth-order valence-electron chi connectivity index (χ4n) is 1.77. The van der Waals surface area contributed by atoms with Crippen LogP contribution in [0.25, 0.3) is 0 Å². The number of likely N-dealkylation sites (N-methyl/N-ethyl adjacent to an activating group) is 1. The van der Waals surface area contributed by atoms with Gasteiger partial charge in [-0.2, -0.15) is 5.26 Å². The average Bonchev–Trinajstić information content (AvgIpc) is 2.15. The number of rotatable bonds is 2. The van der Waals surface area contributed by atoms with E-state index in [9.17, 15) is 0 Å². The third-order valence-electron chi connectivity index (χ3n) is 2.96. The molecule has 1 heterocycles. The minimum Gasteiger partial charge on any atom is -0.368 e. The Labute approximate surface area is 90.3 Å². The van der Waals surface area contributed by atoms with Crippen LogP contribution in [0.3, 0.4) is 0 Å². The quantitative estimate of drug-likeness (QED) is 0.783. The number of anilines is 1. The lowest BCUT2D eigenvalue weighted by molar-refractivity contribution is 0.428. The summed E-state index contributed by atoms with van der Waals surface area (Å²) in [4.78, 5) is 2.20. The Morgan fingerprint density at radius 3 is 2.73 bits per heavy atom. The highest BCUT2D eigenvalue weighted by molar-refractivity contribution is 5.61. The first-order valence-corrected chi connectivity index (χ1v) is 5.16. The van der Waals surface area contributed by atoms with Gasteiger partial charge in [-0.25, -0.2) is 0 Å². The first-order valence-electron chi connectivity index (χ1n) is 5.16. The molecule has 1 aliphatic heterocycles. The Balaban J connectivity index is 2.32. The van der Waals surface area contributed by atoms with E-state index in [4.69, 9.17) is 5.26 Å². The van der Waals surface area contributed by atoms with Crippen LogP contribution in [-0.4, -0.2) is 26.2 Å². The normalized spacial score (nSPS) is 15.5. The zero-order valence-corrected chi connectivity index (χ0v) is 9.12. The van der Waals surface area contributed by atoms with Gasteiger partial charge in [0.1, 0.15) is 6.07 Å². The molecular formula is C12H15N3. The summed E-state index contributed by atoms with van der Waals surface area (Å²) >= 11 is 0. The van der Waals surface area contributed by atoms with Crippen LogP contribution < -0.4 is 10.2 Å². The van der Waals surface area contributed by atoms with Crippen molar-refractivity contribution in [3.8, 4) is 6.07 Å². The summed E-state index contributed by atoms with van der Waals surface area (Å²) < 4.78 is 0. The SMILES string of the molecule is Cc1ccc(C#N)c(N(C)C2CNC2)c1. The summed E-state index contributed by atoms with van der Waals surface area (Å²) in [7, 11) is 2.06. The number of nitriles is 1. The van der Waals surface area contributed by atoms with Crippen molar-refractivity contribution in [2.75, 3.05) is 25.0 Å². The standard InChI is InChI=1S/C12H15N3/c1-9-3-4-10(6-13)12(5-9)15(2)11-7-14-8-11/h3-5,11,14H,7-8H2,1-2H3. The van der Waals surface area contributed by atoms with E-state index < -0.39 is 0 Å². The topological polar surface area (TPSA) is 39.1 Å². The highest BCUT2D eigenvalue weighted by Crippen LogP contribution is 2.23. The van der Waals surface area contributed by atoms with E-state index in [1.165, 1.54) is 5.56 Å². The summed E-state index contributed by atoms with van der Waals surface area (Å²) in [5.41, 5.74) is 3.00. The first kappa shape index (κ1) is 10.0. The Hall–Kier alpha value is -1.53. The van der Waals surface area contributed by atoms with Crippen LogP contribution in [0.15, 0.2) is 18.2 Å². The van der Waals surface area contributed by atoms with Crippen LogP contribution in [0.5, 0.6) is 0 Å². The van der Waals surface area contributed by atoms with E-state index in [0.29, 0.717) is 6.04 Å². The van der Waals surface area contributed by atoms with Gasteiger partial charge >= 0.3 is 0 Å². The molecule has 0 amide bonds. The maximum absolute atomic E-state index is 9.04. The van der Waals surface area contributed by atoms with Crippen molar-refractivity contribution in [3.05, 3.63) is 29.3 Å². The molecule has 3 heteroatoms. The van der Waals surface area contributed by atoms with E-state index in [1.54, 1.807) is 0 Å². The number of hydrogen-bond donors (Lipinski definition) is 1. The lowest BCUT2D eigenvalue weighted by atomic mass is 10.1. The molecule has 0 saturated carbocycles. The molecule has 1 aliphatic rings. The summed E-state index contributed by atoms with van der Waals surface area (Å²) in [6, 6.07) is 8.73. The molecule has 78 valence electrons. The molecule has 1 fully saturated rings. The Bertz CT molecular complexity index is 402. The van der Waals surface area contributed by atoms with Crippen LogP contribution in [-0.2, 0) is 0 Å². The summed E-state index contributed by atoms with van der Waals surface area (Å²) in [6.07, 6.45) is 0. The minimum absolute atomic E-state index is 0.527. The number of hydrogen-bond acceptors (Lipinski definition) is 3. The van der Waals surface area contributed by atoms with Crippen molar-refractivity contribution in [2.24, 2.45) is 0 Å². The molecule has 0 spiro atoms. The summed E-state index contributed by atoms with van der Waals surface area (Å²) in [6.45, 7) is 4.07. The monoisotopic (exact) mass is 201 g/mol. The van der Waals surface area contributed by atoms with Crippen LogP contribution in [0.2, 0.25) is 0 Å². The highest BCUT2D eigenvalue weighted by atomic mass is 15.2. The molecule has 0 unspecified atom stereocenters. The molecule has 0 radical (unpaired) electrons. The molecule has 1 saturated heterocycles. The van der Waals surface area contributed by atoms with E-state index in [2.05, 4.69) is 36.3 Å². The molecule has 2 rings (SSSR count). The summed E-state index contributed by atoms with van der Waals surface area (Å²) in [5.74, 6) is 0. The van der Waals surface area contributed by atoms with Crippen molar-refractivity contribution in [1.82, 2.24) is 5.32 Å². The molecule has 3 nitrogen and oxygen atoms in total. The molecule has 0 aliphatic carbocycles. The molecule has 1 aromatic carbocycles. The van der Waals surface area contributed by atoms with Crippen molar-refractivity contribution >= 4 is 5.69 Å². The Kier molecular flexibility index (Phi) is 2.61. The van der Waals surface area contributed by atoms with Gasteiger partial charge in [-0.05, 0) is 24.6 Å². The van der Waals surface area contributed by atoms with Crippen molar-refractivity contribution < 1.29 is 0 Å². The summed E-state index contributed by atoms with van der Waals surface area (Å²) in [5, 5.41) is 12.3. The first-order chi connectivity index (χ1) is 7.22. The van der Waals surface area contributed by atoms with E-state index in [-0.39, 0.29) is 0 Å². The van der Waals surface area contributed by atoms with Gasteiger partial charge in [0, 0.05) is 20.1 Å². The predicted molar refractivity (Wildman–Crippen MR) is 61.0 cm³/mol. The van der Waals surface area contributed by atoms with Crippen molar-refractivity contribution in [2.45, 2.75) is 13.0 Å². The second kappa shape index (κ2) is 3.92. The Morgan fingerprint density at radius 1 is 1.47 bits per heavy atom. The number of nitrogens with one attached hydrogen (secondary N) is 1. The van der Waals surface area contributed by atoms with E-state index >= 15 is 0 Å². The fourth-order valence-corrected chi connectivity index (χ4v) is 1.77. The van der Waals surface area contributed by atoms with E-state index in [0.717, 1.165) is 24.3 Å². The second-order valence-corrected chi connectivity index (χ2v) is 4.06. The van der Waals surface area contributed by atoms with Crippen LogP contribution in [0.1, 0.15) is 11.1 Å². The minimum atomic E-state index is 0.527. The third-order valence-corrected chi connectivity index (χ3v) is 2.96. The van der Waals surface area contributed by atoms with Gasteiger partial charge in [0.25, 0.3) is 0 Å². The molecule has 0 aromatic heterocycles. The predicted octanol–water partition coefficient (Wildman–Crippen LogP) is 1.27. The van der Waals surface area contributed by atoms with Crippen molar-refractivity contribution in [3.63, 3.8) is 0 Å². The smallest absolute Gasteiger partial charge is 0.101 e. The van der Waals surface area contributed by atoms with Gasteiger partial charge in [0.2, 0.25) is 0 Å². The van der Waals surface area contributed by atoms with E-state index in [1.807, 2.05) is 12.1 Å².